The van der Waals surface area contributed by atoms with Crippen LogP contribution in [0.3, 0.4) is 0 Å². The van der Waals surface area contributed by atoms with Crippen LogP contribution in [-0.4, -0.2) is 18.4 Å². The summed E-state index contributed by atoms with van der Waals surface area (Å²) in [6.45, 7) is 13.7. The van der Waals surface area contributed by atoms with Crippen molar-refractivity contribution >= 4 is 33.1 Å². The molecule has 1 nitrogen and oxygen atoms in total. The molecular weight excluding hydrogens is 411 g/mol. The van der Waals surface area contributed by atoms with Gasteiger partial charge in [0.15, 0.2) is 0 Å². The van der Waals surface area contributed by atoms with Gasteiger partial charge >= 0.3 is 160 Å². The second kappa shape index (κ2) is 9.48. The summed E-state index contributed by atoms with van der Waals surface area (Å²) in [6, 6.07) is 4.81. The van der Waals surface area contributed by atoms with E-state index >= 15 is 0 Å². The van der Waals surface area contributed by atoms with Crippen LogP contribution >= 0.6 is 0 Å². The SMILES string of the molecule is CCC[CH2][Sn]([CH2]CCC)([CH2]CCC)[c]1cc2c(C)cc(C)c(C)c2o1. The third-order valence-electron chi connectivity index (χ3n) is 6.07. The molecule has 2 rings (SSSR count). The molecule has 2 aromatic rings. The maximum atomic E-state index is 6.71. The molecule has 0 aliphatic carbocycles. The van der Waals surface area contributed by atoms with Crippen molar-refractivity contribution in [1.82, 2.24) is 0 Å². The molecule has 0 N–H and O–H groups in total. The van der Waals surface area contributed by atoms with Crippen molar-refractivity contribution < 1.29 is 4.42 Å². The topological polar surface area (TPSA) is 13.1 Å². The predicted octanol–water partition coefficient (Wildman–Crippen LogP) is 7.41. The van der Waals surface area contributed by atoms with E-state index in [0.717, 1.165) is 0 Å². The number of aryl methyl sites for hydroxylation is 3. The molecule has 1 aromatic carbocycles. The van der Waals surface area contributed by atoms with E-state index in [9.17, 15) is 0 Å². The van der Waals surface area contributed by atoms with Gasteiger partial charge in [-0.2, -0.15) is 0 Å². The summed E-state index contributed by atoms with van der Waals surface area (Å²) in [7, 11) is 0. The molecule has 0 radical (unpaired) electrons. The first-order valence-electron chi connectivity index (χ1n) is 10.5. The summed E-state index contributed by atoms with van der Waals surface area (Å²) in [4.78, 5) is 0. The van der Waals surface area contributed by atoms with E-state index in [4.69, 9.17) is 4.42 Å². The number of furan rings is 1. The van der Waals surface area contributed by atoms with Gasteiger partial charge in [-0.15, -0.1) is 0 Å². The summed E-state index contributed by atoms with van der Waals surface area (Å²) in [5.74, 6) is 0. The fourth-order valence-electron chi connectivity index (χ4n) is 4.20. The van der Waals surface area contributed by atoms with E-state index in [2.05, 4.69) is 53.7 Å². The molecule has 0 spiro atoms. The normalized spacial score (nSPS) is 12.2. The van der Waals surface area contributed by atoms with Gasteiger partial charge in [-0.1, -0.05) is 0 Å². The Morgan fingerprint density at radius 3 is 1.76 bits per heavy atom. The van der Waals surface area contributed by atoms with Crippen molar-refractivity contribution in [3.8, 4) is 0 Å². The van der Waals surface area contributed by atoms with E-state index in [0.29, 0.717) is 0 Å². The Morgan fingerprint density at radius 1 is 0.760 bits per heavy atom. The number of hydrogen-bond donors (Lipinski definition) is 0. The monoisotopic (exact) mass is 450 g/mol. The van der Waals surface area contributed by atoms with Crippen LogP contribution in [0.4, 0.5) is 0 Å². The molecule has 0 aliphatic heterocycles. The van der Waals surface area contributed by atoms with E-state index in [1.165, 1.54) is 83.3 Å². The first kappa shape index (κ1) is 20.9. The number of benzene rings is 1. The quantitative estimate of drug-likeness (QED) is 0.344. The van der Waals surface area contributed by atoms with Gasteiger partial charge in [-0.3, -0.25) is 0 Å². The molecule has 0 saturated carbocycles. The number of fused-ring (bicyclic) bond motifs is 1. The molecular formula is C23H38OSn. The minimum absolute atomic E-state index is 1.18. The molecule has 25 heavy (non-hydrogen) atoms. The Kier molecular flexibility index (Phi) is 7.91. The summed E-state index contributed by atoms with van der Waals surface area (Å²) < 4.78 is 12.6. The minimum atomic E-state index is -2.46. The zero-order valence-electron chi connectivity index (χ0n) is 17.4. The number of rotatable bonds is 10. The van der Waals surface area contributed by atoms with Gasteiger partial charge < -0.3 is 0 Å². The first-order valence-corrected chi connectivity index (χ1v) is 18.0. The fraction of sp³-hybridized carbons (Fsp3) is 0.652. The average molecular weight is 449 g/mol. The van der Waals surface area contributed by atoms with Crippen LogP contribution in [0.2, 0.25) is 13.3 Å². The molecule has 0 atom stereocenters. The van der Waals surface area contributed by atoms with Crippen LogP contribution < -0.4 is 3.78 Å². The molecule has 0 saturated heterocycles. The molecule has 0 aliphatic rings. The summed E-state index contributed by atoms with van der Waals surface area (Å²) in [5, 5.41) is 1.38. The van der Waals surface area contributed by atoms with Crippen LogP contribution in [0.1, 0.15) is 76.0 Å². The first-order chi connectivity index (χ1) is 12.0. The van der Waals surface area contributed by atoms with Gasteiger partial charge in [0, 0.05) is 0 Å². The van der Waals surface area contributed by atoms with E-state index in [1.807, 2.05) is 0 Å². The molecule has 0 unspecified atom stereocenters. The number of hydrogen-bond acceptors (Lipinski definition) is 1. The van der Waals surface area contributed by atoms with Crippen LogP contribution in [0, 0.1) is 20.8 Å². The van der Waals surface area contributed by atoms with Crippen molar-refractivity contribution in [2.45, 2.75) is 93.4 Å². The standard InChI is InChI=1S/C11H11O.3C4H9.Sn/c1-7-6-8(2)10-4-5-12-11(10)9(7)3;3*1-3-4-2;/h4,6H,1-3H3;3*1,3-4H2,2H3;. The summed E-state index contributed by atoms with van der Waals surface area (Å²) in [6.07, 6.45) is 8.10. The third-order valence-corrected chi connectivity index (χ3v) is 21.0. The Labute approximate surface area is 159 Å². The maximum absolute atomic E-state index is 6.71. The van der Waals surface area contributed by atoms with Crippen LogP contribution in [0.5, 0.6) is 0 Å². The fourth-order valence-corrected chi connectivity index (χ4v) is 19.5. The van der Waals surface area contributed by atoms with Gasteiger partial charge in [-0.25, -0.2) is 0 Å². The predicted molar refractivity (Wildman–Crippen MR) is 115 cm³/mol. The van der Waals surface area contributed by atoms with Crippen molar-refractivity contribution in [3.05, 3.63) is 28.8 Å². The van der Waals surface area contributed by atoms with Crippen molar-refractivity contribution in [3.63, 3.8) is 0 Å². The van der Waals surface area contributed by atoms with Gasteiger partial charge in [0.2, 0.25) is 0 Å². The van der Waals surface area contributed by atoms with Crippen LogP contribution in [-0.2, 0) is 0 Å². The van der Waals surface area contributed by atoms with Crippen LogP contribution in [0.15, 0.2) is 16.5 Å². The van der Waals surface area contributed by atoms with Gasteiger partial charge in [0.1, 0.15) is 0 Å². The Balaban J connectivity index is 2.55. The van der Waals surface area contributed by atoms with Crippen molar-refractivity contribution in [2.75, 3.05) is 0 Å². The number of unbranched alkanes of at least 4 members (excludes halogenated alkanes) is 3. The zero-order valence-corrected chi connectivity index (χ0v) is 20.3. The molecule has 1 aromatic heterocycles. The summed E-state index contributed by atoms with van der Waals surface area (Å²) in [5.41, 5.74) is 5.27. The molecule has 0 bridgehead atoms. The molecule has 0 amide bonds. The second-order valence-corrected chi connectivity index (χ2v) is 21.1. The molecule has 0 fully saturated rings. The molecule has 2 heteroatoms. The Bertz CT molecular complexity index is 661. The van der Waals surface area contributed by atoms with Crippen LogP contribution in [0.25, 0.3) is 11.0 Å². The van der Waals surface area contributed by atoms with Gasteiger partial charge in [0.05, 0.1) is 0 Å². The third kappa shape index (κ3) is 4.64. The van der Waals surface area contributed by atoms with Crippen molar-refractivity contribution in [2.24, 2.45) is 0 Å². The van der Waals surface area contributed by atoms with E-state index < -0.39 is 18.4 Å². The van der Waals surface area contributed by atoms with Gasteiger partial charge in [-0.05, 0) is 0 Å². The van der Waals surface area contributed by atoms with E-state index in [1.54, 1.807) is 0 Å². The molecule has 1 heterocycles. The van der Waals surface area contributed by atoms with E-state index in [-0.39, 0.29) is 0 Å². The summed E-state index contributed by atoms with van der Waals surface area (Å²) >= 11 is -2.46. The Morgan fingerprint density at radius 2 is 1.28 bits per heavy atom. The Hall–Kier alpha value is -0.441. The second-order valence-electron chi connectivity index (χ2n) is 8.08. The zero-order chi connectivity index (χ0) is 18.4. The molecule has 140 valence electrons. The van der Waals surface area contributed by atoms with Gasteiger partial charge in [0.25, 0.3) is 0 Å². The average Bonchev–Trinajstić information content (AvgIpc) is 3.06. The van der Waals surface area contributed by atoms with Crippen molar-refractivity contribution in [1.29, 1.82) is 0 Å².